The number of nitrogens with zero attached hydrogens (tertiary/aromatic N) is 3. The third kappa shape index (κ3) is 2.92. The molecule has 2 aromatic carbocycles. The van der Waals surface area contributed by atoms with E-state index in [4.69, 9.17) is 4.52 Å². The number of benzene rings is 2. The fraction of sp³-hybridized carbons (Fsp3) is 0.304. The van der Waals surface area contributed by atoms with Crippen molar-refractivity contribution < 1.29 is 4.52 Å². The minimum absolute atomic E-state index is 0.882. The van der Waals surface area contributed by atoms with Crippen molar-refractivity contribution in [3.63, 3.8) is 0 Å². The minimum Gasteiger partial charge on any atom is -0.360 e. The molecule has 5 rings (SSSR count). The predicted octanol–water partition coefficient (Wildman–Crippen LogP) is 4.44. The van der Waals surface area contributed by atoms with Crippen LogP contribution >= 0.6 is 0 Å². The quantitative estimate of drug-likeness (QED) is 0.575. The molecule has 5 nitrogen and oxygen atoms in total. The van der Waals surface area contributed by atoms with Crippen LogP contribution in [0.4, 0.5) is 0 Å². The summed E-state index contributed by atoms with van der Waals surface area (Å²) < 4.78 is 5.74. The Hall–Kier alpha value is -2.92. The first kappa shape index (κ1) is 17.2. The summed E-state index contributed by atoms with van der Waals surface area (Å²) in [6.07, 6.45) is 1.93. The van der Waals surface area contributed by atoms with E-state index in [2.05, 4.69) is 76.6 Å². The number of H-pyrrole nitrogens is 1. The monoisotopic (exact) mass is 372 g/mol. The highest BCUT2D eigenvalue weighted by molar-refractivity contribution is 5.96. The average Bonchev–Trinajstić information content (AvgIpc) is 3.28. The lowest BCUT2D eigenvalue weighted by Crippen LogP contribution is -2.32. The van der Waals surface area contributed by atoms with Gasteiger partial charge in [0.15, 0.2) is 0 Å². The SMILES string of the molecule is Cc1n[nH]c(C)c1CCN1CCc2onc(-c3cccc4ccccc34)c2C1. The molecule has 0 saturated heterocycles. The van der Waals surface area contributed by atoms with E-state index in [1.807, 2.05) is 0 Å². The predicted molar refractivity (Wildman–Crippen MR) is 110 cm³/mol. The van der Waals surface area contributed by atoms with Crippen molar-refractivity contribution >= 4 is 10.8 Å². The van der Waals surface area contributed by atoms with Gasteiger partial charge in [-0.2, -0.15) is 5.10 Å². The van der Waals surface area contributed by atoms with Gasteiger partial charge in [-0.1, -0.05) is 47.6 Å². The Bertz CT molecular complexity index is 1120. The third-order valence-electron chi connectivity index (χ3n) is 5.91. The van der Waals surface area contributed by atoms with Crippen LogP contribution in [0.5, 0.6) is 0 Å². The zero-order chi connectivity index (χ0) is 19.1. The first-order valence-electron chi connectivity index (χ1n) is 9.89. The van der Waals surface area contributed by atoms with Gasteiger partial charge in [-0.25, -0.2) is 0 Å². The molecule has 1 aliphatic heterocycles. The number of nitrogens with one attached hydrogen (secondary N) is 1. The maximum Gasteiger partial charge on any atom is 0.143 e. The first-order valence-corrected chi connectivity index (χ1v) is 9.89. The fourth-order valence-corrected chi connectivity index (χ4v) is 4.31. The number of hydrogen-bond donors (Lipinski definition) is 1. The van der Waals surface area contributed by atoms with E-state index in [1.54, 1.807) is 0 Å². The second-order valence-corrected chi connectivity index (χ2v) is 7.65. The van der Waals surface area contributed by atoms with Gasteiger partial charge in [0.2, 0.25) is 0 Å². The molecule has 0 atom stereocenters. The van der Waals surface area contributed by atoms with Gasteiger partial charge in [0.25, 0.3) is 0 Å². The Labute approximate surface area is 164 Å². The fourth-order valence-electron chi connectivity index (χ4n) is 4.31. The Balaban J connectivity index is 1.43. The van der Waals surface area contributed by atoms with Crippen LogP contribution in [0.25, 0.3) is 22.0 Å². The largest absolute Gasteiger partial charge is 0.360 e. The summed E-state index contributed by atoms with van der Waals surface area (Å²) in [5, 5.41) is 14.3. The lowest BCUT2D eigenvalue weighted by Gasteiger charge is -2.26. The lowest BCUT2D eigenvalue weighted by molar-refractivity contribution is 0.239. The second-order valence-electron chi connectivity index (χ2n) is 7.65. The van der Waals surface area contributed by atoms with Crippen molar-refractivity contribution in [3.8, 4) is 11.3 Å². The van der Waals surface area contributed by atoms with Crippen LogP contribution < -0.4 is 0 Å². The van der Waals surface area contributed by atoms with E-state index >= 15 is 0 Å². The van der Waals surface area contributed by atoms with Gasteiger partial charge in [0.05, 0.1) is 5.69 Å². The molecule has 0 bridgehead atoms. The van der Waals surface area contributed by atoms with Crippen LogP contribution in [0.15, 0.2) is 47.0 Å². The molecule has 142 valence electrons. The Kier molecular flexibility index (Phi) is 4.24. The molecule has 28 heavy (non-hydrogen) atoms. The van der Waals surface area contributed by atoms with Crippen LogP contribution in [0.1, 0.15) is 28.3 Å². The van der Waals surface area contributed by atoms with E-state index in [1.165, 1.54) is 27.6 Å². The highest BCUT2D eigenvalue weighted by Crippen LogP contribution is 2.34. The van der Waals surface area contributed by atoms with Gasteiger partial charge in [0.1, 0.15) is 11.5 Å². The lowest BCUT2D eigenvalue weighted by atomic mass is 9.97. The summed E-state index contributed by atoms with van der Waals surface area (Å²) in [6, 6.07) is 14.9. The van der Waals surface area contributed by atoms with Crippen molar-refractivity contribution in [1.29, 1.82) is 0 Å². The molecule has 0 amide bonds. The van der Waals surface area contributed by atoms with Crippen LogP contribution in [-0.2, 0) is 19.4 Å². The molecule has 1 N–H and O–H groups in total. The highest BCUT2D eigenvalue weighted by Gasteiger charge is 2.25. The summed E-state index contributed by atoms with van der Waals surface area (Å²) in [5.41, 5.74) is 7.01. The molecule has 0 aliphatic carbocycles. The van der Waals surface area contributed by atoms with Crippen LogP contribution in [-0.4, -0.2) is 33.3 Å². The number of fused-ring (bicyclic) bond motifs is 2. The Morgan fingerprint density at radius 3 is 2.82 bits per heavy atom. The van der Waals surface area contributed by atoms with Gasteiger partial charge >= 0.3 is 0 Å². The molecule has 5 heteroatoms. The zero-order valence-electron chi connectivity index (χ0n) is 16.3. The molecule has 0 unspecified atom stereocenters. The van der Waals surface area contributed by atoms with Gasteiger partial charge in [-0.05, 0) is 36.6 Å². The Morgan fingerprint density at radius 2 is 1.96 bits per heavy atom. The maximum absolute atomic E-state index is 5.74. The zero-order valence-corrected chi connectivity index (χ0v) is 16.3. The van der Waals surface area contributed by atoms with E-state index in [0.29, 0.717) is 0 Å². The maximum atomic E-state index is 5.74. The molecule has 2 aromatic heterocycles. The molecular weight excluding hydrogens is 348 g/mol. The second kappa shape index (κ2) is 6.91. The molecule has 0 fully saturated rings. The molecule has 4 aromatic rings. The standard InChI is InChI=1S/C23H24N4O/c1-15-18(16(2)25-24-15)10-12-27-13-11-22-21(14-27)23(26-28-22)20-9-5-7-17-6-3-4-8-19(17)20/h3-9H,10-14H2,1-2H3,(H,24,25). The molecule has 0 radical (unpaired) electrons. The van der Waals surface area contributed by atoms with Gasteiger partial charge < -0.3 is 4.52 Å². The number of aromatic amines is 1. The van der Waals surface area contributed by atoms with E-state index in [0.717, 1.165) is 55.2 Å². The molecular formula is C23H24N4O. The van der Waals surface area contributed by atoms with E-state index in [-0.39, 0.29) is 0 Å². The number of hydrogen-bond acceptors (Lipinski definition) is 4. The average molecular weight is 372 g/mol. The Morgan fingerprint density at radius 1 is 1.11 bits per heavy atom. The van der Waals surface area contributed by atoms with Crippen molar-refractivity contribution in [2.45, 2.75) is 33.2 Å². The summed E-state index contributed by atoms with van der Waals surface area (Å²) in [4.78, 5) is 2.50. The topological polar surface area (TPSA) is 58.0 Å². The van der Waals surface area contributed by atoms with E-state index in [9.17, 15) is 0 Å². The molecule has 3 heterocycles. The summed E-state index contributed by atoms with van der Waals surface area (Å²) >= 11 is 0. The molecule has 0 spiro atoms. The van der Waals surface area contributed by atoms with Gasteiger partial charge in [0, 0.05) is 42.9 Å². The van der Waals surface area contributed by atoms with Gasteiger partial charge in [-0.15, -0.1) is 0 Å². The van der Waals surface area contributed by atoms with Crippen molar-refractivity contribution in [1.82, 2.24) is 20.3 Å². The van der Waals surface area contributed by atoms with Crippen molar-refractivity contribution in [2.24, 2.45) is 0 Å². The molecule has 1 aliphatic rings. The minimum atomic E-state index is 0.882. The molecule has 0 saturated carbocycles. The number of aromatic nitrogens is 3. The van der Waals surface area contributed by atoms with Crippen molar-refractivity contribution in [2.75, 3.05) is 13.1 Å². The third-order valence-corrected chi connectivity index (χ3v) is 5.91. The number of rotatable bonds is 4. The van der Waals surface area contributed by atoms with Crippen LogP contribution in [0.3, 0.4) is 0 Å². The van der Waals surface area contributed by atoms with Crippen LogP contribution in [0, 0.1) is 13.8 Å². The summed E-state index contributed by atoms with van der Waals surface area (Å²) in [6.45, 7) is 7.08. The highest BCUT2D eigenvalue weighted by atomic mass is 16.5. The first-order chi connectivity index (χ1) is 13.7. The number of aryl methyl sites for hydroxylation is 2. The summed E-state index contributed by atoms with van der Waals surface area (Å²) in [7, 11) is 0. The van der Waals surface area contributed by atoms with Crippen LogP contribution in [0.2, 0.25) is 0 Å². The van der Waals surface area contributed by atoms with E-state index < -0.39 is 0 Å². The smallest absolute Gasteiger partial charge is 0.143 e. The van der Waals surface area contributed by atoms with Crippen molar-refractivity contribution in [3.05, 3.63) is 70.7 Å². The summed E-state index contributed by atoms with van der Waals surface area (Å²) in [5.74, 6) is 1.04. The normalized spacial score (nSPS) is 14.5. The van der Waals surface area contributed by atoms with Gasteiger partial charge in [-0.3, -0.25) is 10.00 Å².